The maximum atomic E-state index is 13.2. The molecule has 0 heterocycles. The molecule has 63 heavy (non-hydrogen) atoms. The highest BCUT2D eigenvalue weighted by Gasteiger charge is 2.39. The Labute approximate surface area is 378 Å². The molecule has 5 aromatic rings. The molecule has 1 aliphatic rings. The van der Waals surface area contributed by atoms with Gasteiger partial charge in [-0.2, -0.15) is 0 Å². The van der Waals surface area contributed by atoms with Gasteiger partial charge in [-0.05, 0) is 126 Å². The van der Waals surface area contributed by atoms with Gasteiger partial charge >= 0.3 is 11.9 Å². The molecule has 6 nitrogen and oxygen atoms in total. The molecular weight excluding hydrogens is 797 g/mol. The molecule has 6 rings (SSSR count). The normalized spacial score (nSPS) is 14.9. The number of ether oxygens (including phenoxy) is 4. The highest BCUT2D eigenvalue weighted by Crippen LogP contribution is 2.47. The number of hydrogen-bond acceptors (Lipinski definition) is 6. The first-order valence-corrected chi connectivity index (χ1v) is 26.6. The first kappa shape index (κ1) is 47.3. The van der Waals surface area contributed by atoms with E-state index in [1.54, 1.807) is 7.11 Å². The van der Waals surface area contributed by atoms with Crippen molar-refractivity contribution < 1.29 is 28.5 Å². The van der Waals surface area contributed by atoms with Crippen molar-refractivity contribution in [3.63, 3.8) is 0 Å². The van der Waals surface area contributed by atoms with E-state index in [0.717, 1.165) is 75.5 Å². The Morgan fingerprint density at radius 1 is 0.651 bits per heavy atom. The van der Waals surface area contributed by atoms with Crippen LogP contribution in [0.3, 0.4) is 0 Å². The van der Waals surface area contributed by atoms with Gasteiger partial charge in [-0.25, -0.2) is 4.79 Å². The number of para-hydroxylation sites is 2. The van der Waals surface area contributed by atoms with E-state index in [0.29, 0.717) is 17.2 Å². The van der Waals surface area contributed by atoms with E-state index in [9.17, 15) is 9.59 Å². The summed E-state index contributed by atoms with van der Waals surface area (Å²) < 4.78 is 22.9. The molecule has 0 amide bonds. The SMILES string of the molecule is COc1ccccc1CCCC(C)(C)CC(C)(C[Si](C)(C)CCCc1ccccc1OC(=O)COc1ccc(C2(c3ccc(OC(C)=O)cc3)CCCCC2)cc1)c1ccccc1. The number of rotatable bonds is 21. The Hall–Kier alpha value is -5.14. The fourth-order valence-corrected chi connectivity index (χ4v) is 14.5. The molecule has 1 atom stereocenters. The number of carbonyl (C=O) groups excluding carboxylic acids is 2. The van der Waals surface area contributed by atoms with E-state index in [4.69, 9.17) is 18.9 Å². The predicted octanol–water partition coefficient (Wildman–Crippen LogP) is 13.9. The van der Waals surface area contributed by atoms with Gasteiger partial charge in [-0.1, -0.05) is 157 Å². The monoisotopic (exact) mass is 866 g/mol. The smallest absolute Gasteiger partial charge is 0.349 e. The minimum absolute atomic E-state index is 0.0652. The van der Waals surface area contributed by atoms with E-state index in [1.807, 2.05) is 48.5 Å². The molecule has 0 spiro atoms. The van der Waals surface area contributed by atoms with Crippen molar-refractivity contribution in [1.29, 1.82) is 0 Å². The Bertz CT molecular complexity index is 2220. The van der Waals surface area contributed by atoms with Gasteiger partial charge in [0.05, 0.1) is 7.11 Å². The van der Waals surface area contributed by atoms with Gasteiger partial charge in [0.1, 0.15) is 23.0 Å². The summed E-state index contributed by atoms with van der Waals surface area (Å²) in [5, 5.41) is 0. The molecule has 0 N–H and O–H groups in total. The van der Waals surface area contributed by atoms with Crippen molar-refractivity contribution in [3.05, 3.63) is 155 Å². The molecule has 7 heteroatoms. The van der Waals surface area contributed by atoms with E-state index in [1.165, 1.54) is 47.7 Å². The highest BCUT2D eigenvalue weighted by molar-refractivity contribution is 6.77. The largest absolute Gasteiger partial charge is 0.496 e. The third-order valence-electron chi connectivity index (χ3n) is 13.3. The lowest BCUT2D eigenvalue weighted by molar-refractivity contribution is -0.136. The topological polar surface area (TPSA) is 71.1 Å². The van der Waals surface area contributed by atoms with Gasteiger partial charge in [0, 0.05) is 20.4 Å². The Morgan fingerprint density at radius 2 is 1.21 bits per heavy atom. The molecule has 5 aromatic carbocycles. The van der Waals surface area contributed by atoms with Gasteiger partial charge in [0.25, 0.3) is 0 Å². The number of esters is 2. The Morgan fingerprint density at radius 3 is 1.83 bits per heavy atom. The third-order valence-corrected chi connectivity index (χ3v) is 16.8. The molecule has 0 saturated heterocycles. The zero-order valence-electron chi connectivity index (χ0n) is 39.0. The minimum atomic E-state index is -1.68. The fourth-order valence-electron chi connectivity index (χ4n) is 10.7. The first-order valence-electron chi connectivity index (χ1n) is 23.2. The minimum Gasteiger partial charge on any atom is -0.496 e. The molecule has 0 aliphatic heterocycles. The Balaban J connectivity index is 1.03. The van der Waals surface area contributed by atoms with Gasteiger partial charge in [-0.3, -0.25) is 4.79 Å². The summed E-state index contributed by atoms with van der Waals surface area (Å²) in [5.74, 6) is 2.05. The number of methoxy groups -OCH3 is 1. The number of hydrogen-bond donors (Lipinski definition) is 0. The van der Waals surface area contributed by atoms with Gasteiger partial charge < -0.3 is 18.9 Å². The Kier molecular flexibility index (Phi) is 16.1. The van der Waals surface area contributed by atoms with Gasteiger partial charge in [0.15, 0.2) is 6.61 Å². The van der Waals surface area contributed by atoms with Gasteiger partial charge in [-0.15, -0.1) is 0 Å². The third kappa shape index (κ3) is 13.2. The summed E-state index contributed by atoms with van der Waals surface area (Å²) in [6.07, 6.45) is 11.9. The van der Waals surface area contributed by atoms with Crippen LogP contribution in [-0.2, 0) is 33.3 Å². The van der Waals surface area contributed by atoms with Crippen LogP contribution in [0.15, 0.2) is 127 Å². The van der Waals surface area contributed by atoms with Crippen LogP contribution in [0.25, 0.3) is 0 Å². The number of aryl methyl sites for hydroxylation is 2. The van der Waals surface area contributed by atoms with Crippen molar-refractivity contribution in [3.8, 4) is 23.0 Å². The first-order chi connectivity index (χ1) is 30.2. The van der Waals surface area contributed by atoms with E-state index in [2.05, 4.69) is 113 Å². The summed E-state index contributed by atoms with van der Waals surface area (Å²) in [6.45, 7) is 13.8. The molecule has 1 fully saturated rings. The fraction of sp³-hybridized carbons (Fsp3) is 0.429. The lowest BCUT2D eigenvalue weighted by atomic mass is 9.65. The molecule has 0 bridgehead atoms. The number of benzene rings is 5. The summed E-state index contributed by atoms with van der Waals surface area (Å²) in [5.41, 5.74) is 6.34. The number of carbonyl (C=O) groups is 2. The molecule has 1 saturated carbocycles. The van der Waals surface area contributed by atoms with E-state index < -0.39 is 14.0 Å². The second-order valence-corrected chi connectivity index (χ2v) is 25.0. The summed E-state index contributed by atoms with van der Waals surface area (Å²) in [4.78, 5) is 24.7. The molecule has 1 aliphatic carbocycles. The molecule has 0 radical (unpaired) electrons. The van der Waals surface area contributed by atoms with Crippen LogP contribution >= 0.6 is 0 Å². The summed E-state index contributed by atoms with van der Waals surface area (Å²) in [7, 11) is 0.0818. The van der Waals surface area contributed by atoms with Crippen molar-refractivity contribution in [2.75, 3.05) is 13.7 Å². The summed E-state index contributed by atoms with van der Waals surface area (Å²) >= 11 is 0. The van der Waals surface area contributed by atoms with Crippen LogP contribution in [0.2, 0.25) is 25.2 Å². The summed E-state index contributed by atoms with van der Waals surface area (Å²) in [6, 6.07) is 46.0. The van der Waals surface area contributed by atoms with E-state index >= 15 is 0 Å². The van der Waals surface area contributed by atoms with Crippen molar-refractivity contribution in [2.24, 2.45) is 5.41 Å². The molecule has 0 aromatic heterocycles. The van der Waals surface area contributed by atoms with Crippen LogP contribution in [0.1, 0.15) is 113 Å². The van der Waals surface area contributed by atoms with Crippen LogP contribution in [-0.4, -0.2) is 33.7 Å². The predicted molar refractivity (Wildman–Crippen MR) is 259 cm³/mol. The lowest BCUT2D eigenvalue weighted by Crippen LogP contribution is -2.39. The highest BCUT2D eigenvalue weighted by atomic mass is 28.3. The second kappa shape index (κ2) is 21.5. The lowest BCUT2D eigenvalue weighted by Gasteiger charge is -2.42. The zero-order valence-corrected chi connectivity index (χ0v) is 40.0. The average Bonchev–Trinajstić information content (AvgIpc) is 3.26. The average molecular weight is 867 g/mol. The van der Waals surface area contributed by atoms with Gasteiger partial charge in [0.2, 0.25) is 0 Å². The van der Waals surface area contributed by atoms with Crippen LogP contribution in [0, 0.1) is 5.41 Å². The van der Waals surface area contributed by atoms with Crippen molar-refractivity contribution >= 4 is 20.0 Å². The second-order valence-electron chi connectivity index (χ2n) is 19.8. The van der Waals surface area contributed by atoms with E-state index in [-0.39, 0.29) is 28.8 Å². The van der Waals surface area contributed by atoms with Crippen molar-refractivity contribution in [1.82, 2.24) is 0 Å². The standard InChI is InChI=1S/C56H70O6Si/c1-43(57)61-50-34-30-48(31-35-50)56(37-16-9-17-38-56)47-28-32-49(33-29-47)60-40-53(58)62-52-27-15-13-21-45(52)23-19-39-63(6,7)42-55(4,46-24-10-8-11-25-46)41-54(2,3)36-18-22-44-20-12-14-26-51(44)59-5/h8,10-15,20-21,24-35H,9,16-19,22-23,36-42H2,1-7H3. The maximum absolute atomic E-state index is 13.2. The zero-order chi connectivity index (χ0) is 44.9. The quantitative estimate of drug-likeness (QED) is 0.0416. The molecule has 334 valence electrons. The molecule has 1 unspecified atom stereocenters. The van der Waals surface area contributed by atoms with Crippen LogP contribution < -0.4 is 18.9 Å². The van der Waals surface area contributed by atoms with Crippen LogP contribution in [0.5, 0.6) is 23.0 Å². The van der Waals surface area contributed by atoms with Crippen LogP contribution in [0.4, 0.5) is 0 Å². The maximum Gasteiger partial charge on any atom is 0.349 e. The molecular formula is C56H70O6Si. The van der Waals surface area contributed by atoms with Crippen molar-refractivity contribution in [2.45, 2.75) is 134 Å².